The van der Waals surface area contributed by atoms with Gasteiger partial charge in [0.05, 0.1) is 6.10 Å². The van der Waals surface area contributed by atoms with E-state index < -0.39 is 6.10 Å². The Morgan fingerprint density at radius 1 is 1.38 bits per heavy atom. The zero-order valence-electron chi connectivity index (χ0n) is 7.83. The van der Waals surface area contributed by atoms with Crippen LogP contribution in [0, 0.1) is 6.92 Å². The number of H-pyrrole nitrogens is 1. The first-order valence-electron chi connectivity index (χ1n) is 4.45. The standard InChI is InChI=1S/C11H13NO/c1-7-4-3-5-10-9(7)6-11(12-10)8(2)13/h3-6,8,12-13H,1-2H3. The number of hydrogen-bond acceptors (Lipinski definition) is 1. The van der Waals surface area contributed by atoms with Crippen LogP contribution in [0.5, 0.6) is 0 Å². The van der Waals surface area contributed by atoms with Gasteiger partial charge in [0.25, 0.3) is 0 Å². The Hall–Kier alpha value is -1.28. The van der Waals surface area contributed by atoms with Crippen LogP contribution >= 0.6 is 0 Å². The summed E-state index contributed by atoms with van der Waals surface area (Å²) in [7, 11) is 0. The second-order valence-corrected chi connectivity index (χ2v) is 3.44. The number of benzene rings is 1. The molecule has 1 aromatic heterocycles. The summed E-state index contributed by atoms with van der Waals surface area (Å²) < 4.78 is 0. The first-order valence-corrected chi connectivity index (χ1v) is 4.45. The molecule has 0 aliphatic rings. The van der Waals surface area contributed by atoms with Gasteiger partial charge in [0, 0.05) is 16.6 Å². The van der Waals surface area contributed by atoms with Crippen molar-refractivity contribution in [2.75, 3.05) is 0 Å². The van der Waals surface area contributed by atoms with Crippen molar-refractivity contribution in [1.82, 2.24) is 4.98 Å². The highest BCUT2D eigenvalue weighted by Gasteiger charge is 2.05. The molecular formula is C11H13NO. The summed E-state index contributed by atoms with van der Waals surface area (Å²) >= 11 is 0. The number of aliphatic hydroxyl groups is 1. The summed E-state index contributed by atoms with van der Waals surface area (Å²) in [6.45, 7) is 3.84. The van der Waals surface area contributed by atoms with Gasteiger partial charge in [-0.05, 0) is 31.5 Å². The van der Waals surface area contributed by atoms with Crippen LogP contribution in [0.25, 0.3) is 10.9 Å². The van der Waals surface area contributed by atoms with Gasteiger partial charge < -0.3 is 10.1 Å². The lowest BCUT2D eigenvalue weighted by Crippen LogP contribution is -1.88. The molecule has 2 rings (SSSR count). The van der Waals surface area contributed by atoms with Gasteiger partial charge in [-0.25, -0.2) is 0 Å². The van der Waals surface area contributed by atoms with Crippen molar-refractivity contribution in [1.29, 1.82) is 0 Å². The Morgan fingerprint density at radius 3 is 2.77 bits per heavy atom. The van der Waals surface area contributed by atoms with E-state index in [4.69, 9.17) is 0 Å². The molecule has 0 saturated heterocycles. The second-order valence-electron chi connectivity index (χ2n) is 3.44. The number of aliphatic hydroxyl groups excluding tert-OH is 1. The highest BCUT2D eigenvalue weighted by atomic mass is 16.3. The van der Waals surface area contributed by atoms with Crippen LogP contribution in [0.15, 0.2) is 24.3 Å². The molecule has 0 amide bonds. The van der Waals surface area contributed by atoms with Crippen LogP contribution in [0.3, 0.4) is 0 Å². The van der Waals surface area contributed by atoms with Gasteiger partial charge in [-0.1, -0.05) is 12.1 Å². The van der Waals surface area contributed by atoms with Crippen molar-refractivity contribution in [2.45, 2.75) is 20.0 Å². The summed E-state index contributed by atoms with van der Waals surface area (Å²) in [4.78, 5) is 3.19. The van der Waals surface area contributed by atoms with Crippen LogP contribution in [-0.4, -0.2) is 10.1 Å². The molecule has 0 spiro atoms. The van der Waals surface area contributed by atoms with E-state index in [1.807, 2.05) is 18.2 Å². The van der Waals surface area contributed by atoms with Crippen LogP contribution in [0.2, 0.25) is 0 Å². The molecule has 13 heavy (non-hydrogen) atoms. The monoisotopic (exact) mass is 175 g/mol. The Balaban J connectivity index is 2.68. The van der Waals surface area contributed by atoms with Crippen molar-refractivity contribution in [3.05, 3.63) is 35.5 Å². The fourth-order valence-electron chi connectivity index (χ4n) is 1.55. The lowest BCUT2D eigenvalue weighted by atomic mass is 10.1. The average molecular weight is 175 g/mol. The van der Waals surface area contributed by atoms with E-state index in [0.717, 1.165) is 11.2 Å². The van der Waals surface area contributed by atoms with Gasteiger partial charge in [-0.3, -0.25) is 0 Å². The Morgan fingerprint density at radius 2 is 2.15 bits per heavy atom. The number of rotatable bonds is 1. The molecular weight excluding hydrogens is 162 g/mol. The molecule has 2 N–H and O–H groups in total. The molecule has 0 aliphatic heterocycles. The minimum absolute atomic E-state index is 0.424. The van der Waals surface area contributed by atoms with Gasteiger partial charge in [0.2, 0.25) is 0 Å². The van der Waals surface area contributed by atoms with Crippen LogP contribution < -0.4 is 0 Å². The lowest BCUT2D eigenvalue weighted by Gasteiger charge is -1.97. The number of fused-ring (bicyclic) bond motifs is 1. The first kappa shape index (κ1) is 8.32. The Kier molecular flexibility index (Phi) is 1.85. The molecule has 0 radical (unpaired) electrons. The Labute approximate surface area is 77.2 Å². The third-order valence-electron chi connectivity index (χ3n) is 2.35. The zero-order valence-corrected chi connectivity index (χ0v) is 7.83. The maximum absolute atomic E-state index is 9.38. The largest absolute Gasteiger partial charge is 0.387 e. The highest BCUT2D eigenvalue weighted by molar-refractivity contribution is 5.83. The third-order valence-corrected chi connectivity index (χ3v) is 2.35. The van der Waals surface area contributed by atoms with Crippen molar-refractivity contribution >= 4 is 10.9 Å². The molecule has 2 heteroatoms. The molecule has 2 nitrogen and oxygen atoms in total. The number of nitrogens with one attached hydrogen (secondary N) is 1. The zero-order chi connectivity index (χ0) is 9.42. The number of aromatic amines is 1. The third kappa shape index (κ3) is 1.33. The fraction of sp³-hybridized carbons (Fsp3) is 0.273. The molecule has 2 aromatic rings. The van der Waals surface area contributed by atoms with Crippen molar-refractivity contribution in [2.24, 2.45) is 0 Å². The SMILES string of the molecule is Cc1cccc2[nH]c(C(C)O)cc12. The molecule has 68 valence electrons. The van der Waals surface area contributed by atoms with Crippen molar-refractivity contribution in [3.8, 4) is 0 Å². The van der Waals surface area contributed by atoms with E-state index >= 15 is 0 Å². The summed E-state index contributed by atoms with van der Waals surface area (Å²) in [6, 6.07) is 8.12. The predicted octanol–water partition coefficient (Wildman–Crippen LogP) is 2.53. The van der Waals surface area contributed by atoms with Crippen molar-refractivity contribution < 1.29 is 5.11 Å². The van der Waals surface area contributed by atoms with Gasteiger partial charge >= 0.3 is 0 Å². The van der Waals surface area contributed by atoms with E-state index in [0.29, 0.717) is 0 Å². The van der Waals surface area contributed by atoms with E-state index in [-0.39, 0.29) is 0 Å². The molecule has 0 aliphatic carbocycles. The quantitative estimate of drug-likeness (QED) is 0.686. The lowest BCUT2D eigenvalue weighted by molar-refractivity contribution is 0.195. The summed E-state index contributed by atoms with van der Waals surface area (Å²) in [6.07, 6.45) is -0.424. The van der Waals surface area contributed by atoms with E-state index in [9.17, 15) is 5.11 Å². The maximum atomic E-state index is 9.38. The molecule has 1 heterocycles. The van der Waals surface area contributed by atoms with Crippen LogP contribution in [0.1, 0.15) is 24.3 Å². The van der Waals surface area contributed by atoms with E-state index in [2.05, 4.69) is 18.0 Å². The number of hydrogen-bond donors (Lipinski definition) is 2. The molecule has 1 aromatic carbocycles. The normalized spacial score (nSPS) is 13.5. The molecule has 0 bridgehead atoms. The second kappa shape index (κ2) is 2.89. The summed E-state index contributed by atoms with van der Waals surface area (Å²) in [5, 5.41) is 10.6. The van der Waals surface area contributed by atoms with Gasteiger partial charge in [-0.15, -0.1) is 0 Å². The summed E-state index contributed by atoms with van der Waals surface area (Å²) in [5.41, 5.74) is 3.21. The molecule has 1 unspecified atom stereocenters. The summed E-state index contributed by atoms with van der Waals surface area (Å²) in [5.74, 6) is 0. The van der Waals surface area contributed by atoms with Crippen LogP contribution in [-0.2, 0) is 0 Å². The average Bonchev–Trinajstić information content (AvgIpc) is 2.49. The highest BCUT2D eigenvalue weighted by Crippen LogP contribution is 2.22. The van der Waals surface area contributed by atoms with Gasteiger partial charge in [0.1, 0.15) is 0 Å². The fourth-order valence-corrected chi connectivity index (χ4v) is 1.55. The smallest absolute Gasteiger partial charge is 0.0910 e. The molecule has 0 saturated carbocycles. The van der Waals surface area contributed by atoms with Crippen LogP contribution in [0.4, 0.5) is 0 Å². The van der Waals surface area contributed by atoms with Crippen molar-refractivity contribution in [3.63, 3.8) is 0 Å². The number of aromatic nitrogens is 1. The topological polar surface area (TPSA) is 36.0 Å². The number of aryl methyl sites for hydroxylation is 1. The van der Waals surface area contributed by atoms with E-state index in [1.165, 1.54) is 10.9 Å². The minimum Gasteiger partial charge on any atom is -0.387 e. The van der Waals surface area contributed by atoms with Gasteiger partial charge in [0.15, 0.2) is 0 Å². The minimum atomic E-state index is -0.424. The first-order chi connectivity index (χ1) is 6.18. The van der Waals surface area contributed by atoms with E-state index in [1.54, 1.807) is 6.92 Å². The van der Waals surface area contributed by atoms with Gasteiger partial charge in [-0.2, -0.15) is 0 Å². The molecule has 0 fully saturated rings. The Bertz CT molecular complexity index is 429. The maximum Gasteiger partial charge on any atom is 0.0910 e. The predicted molar refractivity (Wildman–Crippen MR) is 53.7 cm³/mol. The molecule has 1 atom stereocenters.